The van der Waals surface area contributed by atoms with Crippen molar-refractivity contribution < 1.29 is 19.0 Å². The molecule has 0 bridgehead atoms. The molecule has 6 rings (SSSR count). The Morgan fingerprint density at radius 1 is 1.12 bits per heavy atom. The fourth-order valence-electron chi connectivity index (χ4n) is 7.03. The number of benzene rings is 1. The van der Waals surface area contributed by atoms with Gasteiger partial charge in [0.2, 0.25) is 0 Å². The Labute approximate surface area is 244 Å². The normalized spacial score (nSPS) is 29.5. The topological polar surface area (TPSA) is 92.9 Å². The number of halogens is 1. The van der Waals surface area contributed by atoms with Crippen LogP contribution in [-0.4, -0.2) is 60.2 Å². The number of amides is 1. The molecular weight excluding hydrogens is 550 g/mol. The van der Waals surface area contributed by atoms with Gasteiger partial charge in [0.05, 0.1) is 18.2 Å². The number of aromatic nitrogens is 1. The van der Waals surface area contributed by atoms with E-state index in [1.807, 2.05) is 33.1 Å². The number of pyridine rings is 1. The summed E-state index contributed by atoms with van der Waals surface area (Å²) in [4.78, 5) is 32.1. The lowest BCUT2D eigenvalue weighted by Gasteiger charge is -2.40. The molecule has 40 heavy (non-hydrogen) atoms. The van der Waals surface area contributed by atoms with Gasteiger partial charge >= 0.3 is 0 Å². The predicted molar refractivity (Wildman–Crippen MR) is 156 cm³/mol. The van der Waals surface area contributed by atoms with Crippen LogP contribution in [0.4, 0.5) is 0 Å². The van der Waals surface area contributed by atoms with E-state index in [-0.39, 0.29) is 23.9 Å². The van der Waals surface area contributed by atoms with E-state index in [1.165, 1.54) is 11.8 Å². The molecule has 4 aliphatic rings. The number of rotatable bonds is 6. The van der Waals surface area contributed by atoms with Gasteiger partial charge in [0.25, 0.3) is 17.3 Å². The molecule has 3 fully saturated rings. The molecule has 1 saturated carbocycles. The summed E-state index contributed by atoms with van der Waals surface area (Å²) in [6.45, 7) is 9.96. The highest BCUT2D eigenvalue weighted by Crippen LogP contribution is 2.52. The standard InChI is InChI=1S/C30H38ClN3O5S/c1-16-9-25(40-4)23(29(36)33-16)11-32-28(35)22-10-24(31)27-26(17(22)2)38-30(3,39-27)20-5-7-21(8-6-20)34-12-18-14-37-15-19(18)13-34/h9-10,18-21H,5-8,11-15H2,1-4H3,(H,32,35)(H,33,36)/t18?,19?,20-,21-,30-/m0/s1. The van der Waals surface area contributed by atoms with Gasteiger partial charge in [-0.25, -0.2) is 0 Å². The van der Waals surface area contributed by atoms with Crippen LogP contribution in [0.2, 0.25) is 5.02 Å². The number of hydrogen-bond donors (Lipinski definition) is 2. The van der Waals surface area contributed by atoms with Crippen LogP contribution in [0.5, 0.6) is 11.5 Å². The number of aryl methyl sites for hydroxylation is 1. The Morgan fingerprint density at radius 3 is 2.48 bits per heavy atom. The number of hydrogen-bond acceptors (Lipinski definition) is 7. The summed E-state index contributed by atoms with van der Waals surface area (Å²) in [7, 11) is 0. The fraction of sp³-hybridized carbons (Fsp3) is 0.600. The molecule has 10 heteroatoms. The van der Waals surface area contributed by atoms with Crippen molar-refractivity contribution >= 4 is 29.3 Å². The van der Waals surface area contributed by atoms with Crippen LogP contribution < -0.4 is 20.3 Å². The Kier molecular flexibility index (Phi) is 7.61. The lowest BCUT2D eigenvalue weighted by Crippen LogP contribution is -2.47. The molecule has 4 heterocycles. The number of thioether (sulfide) groups is 1. The van der Waals surface area contributed by atoms with Gasteiger partial charge in [-0.1, -0.05) is 11.6 Å². The average molecular weight is 588 g/mol. The van der Waals surface area contributed by atoms with Gasteiger partial charge in [-0.15, -0.1) is 11.8 Å². The SMILES string of the molecule is CSc1cc(C)[nH]c(=O)c1CNC(=O)c1cc(Cl)c2c(c1C)O[C@](C)([C@H]1CC[C@H](N3CC4COCC4C3)CC1)O2. The number of fused-ring (bicyclic) bond motifs is 2. The van der Waals surface area contributed by atoms with Gasteiger partial charge in [-0.2, -0.15) is 0 Å². The van der Waals surface area contributed by atoms with Crippen molar-refractivity contribution in [2.45, 2.75) is 69.7 Å². The number of aromatic amines is 1. The predicted octanol–water partition coefficient (Wildman–Crippen LogP) is 4.92. The highest BCUT2D eigenvalue weighted by Gasteiger charge is 2.49. The summed E-state index contributed by atoms with van der Waals surface area (Å²) >= 11 is 8.14. The van der Waals surface area contributed by atoms with E-state index < -0.39 is 5.79 Å². The minimum atomic E-state index is -0.825. The van der Waals surface area contributed by atoms with Crippen LogP contribution in [0.3, 0.4) is 0 Å². The van der Waals surface area contributed by atoms with Crippen LogP contribution in [0.25, 0.3) is 0 Å². The molecule has 8 nitrogen and oxygen atoms in total. The van der Waals surface area contributed by atoms with Crippen LogP contribution in [0, 0.1) is 31.6 Å². The summed E-state index contributed by atoms with van der Waals surface area (Å²) in [6.07, 6.45) is 6.20. The molecule has 2 saturated heterocycles. The minimum absolute atomic E-state index is 0.114. The first-order chi connectivity index (χ1) is 19.2. The molecule has 2 unspecified atom stereocenters. The smallest absolute Gasteiger partial charge is 0.254 e. The van der Waals surface area contributed by atoms with Gasteiger partial charge in [-0.05, 0) is 57.9 Å². The van der Waals surface area contributed by atoms with E-state index in [2.05, 4.69) is 15.2 Å². The molecule has 0 radical (unpaired) electrons. The molecule has 2 N–H and O–H groups in total. The van der Waals surface area contributed by atoms with E-state index in [0.717, 1.165) is 62.6 Å². The van der Waals surface area contributed by atoms with Crippen molar-refractivity contribution in [3.8, 4) is 11.5 Å². The zero-order chi connectivity index (χ0) is 28.2. The number of likely N-dealkylation sites (tertiary alicyclic amines) is 1. The maximum absolute atomic E-state index is 13.3. The van der Waals surface area contributed by atoms with E-state index >= 15 is 0 Å². The first-order valence-corrected chi connectivity index (χ1v) is 15.8. The van der Waals surface area contributed by atoms with Crippen LogP contribution in [-0.2, 0) is 11.3 Å². The second-order valence-electron chi connectivity index (χ2n) is 11.9. The van der Waals surface area contributed by atoms with Crippen molar-refractivity contribution in [1.82, 2.24) is 15.2 Å². The molecule has 3 aliphatic heterocycles. The molecular formula is C30H38ClN3O5S. The average Bonchev–Trinajstić information content (AvgIpc) is 3.64. The van der Waals surface area contributed by atoms with E-state index in [9.17, 15) is 9.59 Å². The van der Waals surface area contributed by atoms with Crippen LogP contribution >= 0.6 is 23.4 Å². The third-order valence-corrected chi connectivity index (χ3v) is 10.5. The molecule has 216 valence electrons. The minimum Gasteiger partial charge on any atom is -0.448 e. The lowest BCUT2D eigenvalue weighted by atomic mass is 9.81. The quantitative estimate of drug-likeness (QED) is 0.463. The highest BCUT2D eigenvalue weighted by atomic mass is 35.5. The maximum Gasteiger partial charge on any atom is 0.254 e. The number of ether oxygens (including phenoxy) is 3. The molecule has 0 spiro atoms. The van der Waals surface area contributed by atoms with Gasteiger partial charge in [0.15, 0.2) is 11.5 Å². The zero-order valence-corrected chi connectivity index (χ0v) is 25.2. The third-order valence-electron chi connectivity index (χ3n) is 9.39. The Hall–Kier alpha value is -2.20. The molecule has 1 amide bonds. The fourth-order valence-corrected chi connectivity index (χ4v) is 7.97. The second-order valence-corrected chi connectivity index (χ2v) is 13.2. The zero-order valence-electron chi connectivity index (χ0n) is 23.6. The molecule has 1 aliphatic carbocycles. The molecule has 3 atom stereocenters. The van der Waals surface area contributed by atoms with Gasteiger partial charge in [0.1, 0.15) is 0 Å². The van der Waals surface area contributed by atoms with Crippen molar-refractivity contribution in [2.24, 2.45) is 17.8 Å². The van der Waals surface area contributed by atoms with Crippen LogP contribution in [0.1, 0.15) is 59.8 Å². The molecule has 1 aromatic heterocycles. The maximum atomic E-state index is 13.3. The van der Waals surface area contributed by atoms with Crippen LogP contribution in [0.15, 0.2) is 21.8 Å². The number of carbonyl (C=O) groups excluding carboxylic acids is 1. The number of nitrogens with one attached hydrogen (secondary N) is 2. The van der Waals surface area contributed by atoms with Gasteiger partial charge in [-0.3, -0.25) is 14.5 Å². The summed E-state index contributed by atoms with van der Waals surface area (Å²) in [5, 5.41) is 3.25. The van der Waals surface area contributed by atoms with E-state index in [0.29, 0.717) is 51.1 Å². The van der Waals surface area contributed by atoms with Crippen molar-refractivity contribution in [3.63, 3.8) is 0 Å². The number of carbonyl (C=O) groups is 1. The van der Waals surface area contributed by atoms with Crippen molar-refractivity contribution in [2.75, 3.05) is 32.6 Å². The third kappa shape index (κ3) is 5.03. The van der Waals surface area contributed by atoms with Crippen molar-refractivity contribution in [3.05, 3.63) is 49.9 Å². The van der Waals surface area contributed by atoms with E-state index in [4.69, 9.17) is 25.8 Å². The largest absolute Gasteiger partial charge is 0.448 e. The lowest BCUT2D eigenvalue weighted by molar-refractivity contribution is -0.124. The van der Waals surface area contributed by atoms with Gasteiger partial charge in [0, 0.05) is 77.6 Å². The monoisotopic (exact) mass is 587 g/mol. The number of H-pyrrole nitrogens is 1. The molecule has 2 aromatic rings. The summed E-state index contributed by atoms with van der Waals surface area (Å²) in [5.74, 6) is 1.54. The highest BCUT2D eigenvalue weighted by molar-refractivity contribution is 7.98. The first-order valence-electron chi connectivity index (χ1n) is 14.2. The summed E-state index contributed by atoms with van der Waals surface area (Å²) in [6, 6.07) is 4.16. The van der Waals surface area contributed by atoms with Gasteiger partial charge < -0.3 is 24.5 Å². The summed E-state index contributed by atoms with van der Waals surface area (Å²) < 4.78 is 18.6. The Balaban J connectivity index is 1.12. The van der Waals surface area contributed by atoms with Crippen molar-refractivity contribution in [1.29, 1.82) is 0 Å². The molecule has 1 aromatic carbocycles. The number of nitrogens with zero attached hydrogens (tertiary/aromatic N) is 1. The Morgan fingerprint density at radius 2 is 1.80 bits per heavy atom. The summed E-state index contributed by atoms with van der Waals surface area (Å²) in [5.41, 5.74) is 2.22. The Bertz CT molecular complexity index is 1360. The first kappa shape index (κ1) is 27.9. The second kappa shape index (κ2) is 10.9. The van der Waals surface area contributed by atoms with E-state index in [1.54, 1.807) is 6.07 Å².